The number of aryl methyl sites for hydroxylation is 1. The van der Waals surface area contributed by atoms with E-state index in [2.05, 4.69) is 39.7 Å². The van der Waals surface area contributed by atoms with E-state index >= 15 is 0 Å². The maximum Gasteiger partial charge on any atom is 0.239 e. The van der Waals surface area contributed by atoms with Crippen molar-refractivity contribution in [2.24, 2.45) is 16.9 Å². The van der Waals surface area contributed by atoms with Gasteiger partial charge in [-0.15, -0.1) is 0 Å². The monoisotopic (exact) mass is 523 g/mol. The number of carbonyl (C=O) groups is 2. The first-order chi connectivity index (χ1) is 19.6. The lowest BCUT2D eigenvalue weighted by molar-refractivity contribution is -0.122. The number of para-hydroxylation sites is 2. The molecule has 1 saturated heterocycles. The number of hydrogen-bond donors (Lipinski definition) is 2. The Morgan fingerprint density at radius 2 is 1.50 bits per heavy atom. The lowest BCUT2D eigenvalue weighted by atomic mass is 9.47. The van der Waals surface area contributed by atoms with Crippen LogP contribution in [-0.2, 0) is 15.0 Å². The number of imide groups is 1. The number of anilines is 2. The molecule has 1 fully saturated rings. The summed E-state index contributed by atoms with van der Waals surface area (Å²) < 4.78 is 0. The number of carbonyl (C=O) groups excluding carboxylic acids is 2. The van der Waals surface area contributed by atoms with Crippen molar-refractivity contribution in [2.75, 3.05) is 10.3 Å². The fourth-order valence-corrected chi connectivity index (χ4v) is 7.20. The summed E-state index contributed by atoms with van der Waals surface area (Å²) in [6, 6.07) is 31.7. The number of imidazole rings is 1. The molecule has 7 nitrogen and oxygen atoms in total. The van der Waals surface area contributed by atoms with Crippen LogP contribution in [0, 0.1) is 18.8 Å². The molecule has 4 aliphatic rings. The van der Waals surface area contributed by atoms with Gasteiger partial charge in [0.15, 0.2) is 0 Å². The van der Waals surface area contributed by atoms with Crippen LogP contribution >= 0.6 is 0 Å². The lowest BCUT2D eigenvalue weighted by Gasteiger charge is -2.52. The molecule has 0 saturated carbocycles. The average Bonchev–Trinajstić information content (AvgIpc) is 3.52. The zero-order valence-electron chi connectivity index (χ0n) is 21.7. The van der Waals surface area contributed by atoms with E-state index < -0.39 is 17.3 Å². The van der Waals surface area contributed by atoms with Crippen molar-refractivity contribution in [2.45, 2.75) is 18.3 Å². The highest BCUT2D eigenvalue weighted by atomic mass is 16.2. The molecular weight excluding hydrogens is 498 g/mol. The van der Waals surface area contributed by atoms with E-state index in [0.29, 0.717) is 11.6 Å². The van der Waals surface area contributed by atoms with Crippen LogP contribution in [0.5, 0.6) is 0 Å². The van der Waals surface area contributed by atoms with Crippen LogP contribution < -0.4 is 10.3 Å². The Hall–Kier alpha value is -5.04. The summed E-state index contributed by atoms with van der Waals surface area (Å²) in [4.78, 5) is 37.8. The molecule has 5 aromatic rings. The molecule has 0 spiro atoms. The Morgan fingerprint density at radius 3 is 2.20 bits per heavy atom. The summed E-state index contributed by atoms with van der Waals surface area (Å²) in [5.41, 5.74) is 9.72. The highest BCUT2D eigenvalue weighted by Gasteiger charge is 2.68. The molecule has 0 radical (unpaired) electrons. The minimum absolute atomic E-state index is 0.157. The van der Waals surface area contributed by atoms with Gasteiger partial charge in [-0.1, -0.05) is 78.4 Å². The van der Waals surface area contributed by atoms with Crippen LogP contribution in [0.3, 0.4) is 0 Å². The first kappa shape index (κ1) is 22.9. The van der Waals surface area contributed by atoms with Crippen molar-refractivity contribution in [3.63, 3.8) is 0 Å². The smallest absolute Gasteiger partial charge is 0.239 e. The number of nitrogens with zero attached hydrogens (tertiary/aromatic N) is 3. The van der Waals surface area contributed by atoms with E-state index in [1.54, 1.807) is 0 Å². The van der Waals surface area contributed by atoms with Crippen LogP contribution in [0.1, 0.15) is 33.7 Å². The Kier molecular flexibility index (Phi) is 4.71. The van der Waals surface area contributed by atoms with Gasteiger partial charge < -0.3 is 4.98 Å². The summed E-state index contributed by atoms with van der Waals surface area (Å²) in [6.45, 7) is 1.99. The molecule has 2 atom stereocenters. The third-order valence-electron chi connectivity index (χ3n) is 8.80. The summed E-state index contributed by atoms with van der Waals surface area (Å²) >= 11 is 0. The molecule has 194 valence electrons. The summed E-state index contributed by atoms with van der Waals surface area (Å²) in [7, 11) is 0. The number of hydrazone groups is 1. The van der Waals surface area contributed by atoms with E-state index in [4.69, 9.17) is 5.10 Å². The van der Waals surface area contributed by atoms with Crippen LogP contribution in [0.25, 0.3) is 11.0 Å². The van der Waals surface area contributed by atoms with Crippen LogP contribution in [-0.4, -0.2) is 28.0 Å². The van der Waals surface area contributed by atoms with Gasteiger partial charge >= 0.3 is 0 Å². The number of nitrogens with one attached hydrogen (secondary N) is 2. The van der Waals surface area contributed by atoms with Gasteiger partial charge in [0, 0.05) is 12.1 Å². The normalized spacial score (nSPS) is 24.4. The molecule has 40 heavy (non-hydrogen) atoms. The first-order valence-electron chi connectivity index (χ1n) is 13.5. The highest BCUT2D eigenvalue weighted by Crippen LogP contribution is 2.63. The van der Waals surface area contributed by atoms with Crippen molar-refractivity contribution in [1.82, 2.24) is 9.97 Å². The van der Waals surface area contributed by atoms with Crippen molar-refractivity contribution in [3.8, 4) is 0 Å². The number of H-pyrrole nitrogens is 1. The fraction of sp³-hybridized carbons (Fsp3) is 0.152. The third kappa shape index (κ3) is 2.94. The van der Waals surface area contributed by atoms with E-state index in [-0.39, 0.29) is 17.7 Å². The van der Waals surface area contributed by atoms with Gasteiger partial charge in [0.1, 0.15) is 0 Å². The summed E-state index contributed by atoms with van der Waals surface area (Å²) in [6.07, 6.45) is 1.83. The fourth-order valence-electron chi connectivity index (χ4n) is 7.20. The highest BCUT2D eigenvalue weighted by molar-refractivity contribution is 6.25. The number of aromatic nitrogens is 2. The first-order valence-corrected chi connectivity index (χ1v) is 13.5. The minimum atomic E-state index is -0.933. The van der Waals surface area contributed by atoms with Gasteiger partial charge in [0.05, 0.1) is 34.0 Å². The second-order valence-electron chi connectivity index (χ2n) is 10.8. The summed E-state index contributed by atoms with van der Waals surface area (Å²) in [5.74, 6) is -1.21. The van der Waals surface area contributed by atoms with Crippen LogP contribution in [0.2, 0.25) is 0 Å². The zero-order chi connectivity index (χ0) is 27.0. The van der Waals surface area contributed by atoms with Crippen molar-refractivity contribution in [1.29, 1.82) is 0 Å². The predicted octanol–water partition coefficient (Wildman–Crippen LogP) is 5.52. The molecule has 1 aliphatic heterocycles. The predicted molar refractivity (Wildman–Crippen MR) is 154 cm³/mol. The Morgan fingerprint density at radius 1 is 0.850 bits per heavy atom. The molecular formula is C33H25N5O2. The molecule has 2 heterocycles. The Labute approximate surface area is 230 Å². The zero-order valence-corrected chi connectivity index (χ0v) is 21.7. The molecule has 2 amide bonds. The van der Waals surface area contributed by atoms with Crippen molar-refractivity contribution >= 4 is 40.7 Å². The maximum atomic E-state index is 14.4. The number of fused-ring (bicyclic) bond motifs is 1. The van der Waals surface area contributed by atoms with Crippen LogP contribution in [0.4, 0.5) is 11.6 Å². The third-order valence-corrected chi connectivity index (χ3v) is 8.80. The van der Waals surface area contributed by atoms with E-state index in [1.165, 1.54) is 4.90 Å². The topological polar surface area (TPSA) is 90.4 Å². The van der Waals surface area contributed by atoms with Gasteiger partial charge in [-0.3, -0.25) is 9.59 Å². The average molecular weight is 524 g/mol. The van der Waals surface area contributed by atoms with Gasteiger partial charge in [-0.2, -0.15) is 5.10 Å². The molecule has 4 aromatic carbocycles. The number of benzene rings is 4. The largest absolute Gasteiger partial charge is 0.323 e. The molecule has 7 heteroatoms. The molecule has 9 rings (SSSR count). The van der Waals surface area contributed by atoms with Gasteiger partial charge in [0.2, 0.25) is 17.8 Å². The number of rotatable bonds is 4. The van der Waals surface area contributed by atoms with Crippen molar-refractivity contribution < 1.29 is 9.59 Å². The lowest BCUT2D eigenvalue weighted by Crippen LogP contribution is -2.54. The molecule has 3 aliphatic carbocycles. The van der Waals surface area contributed by atoms with Gasteiger partial charge in [-0.05, 0) is 53.4 Å². The molecule has 2 N–H and O–H groups in total. The number of amides is 2. The van der Waals surface area contributed by atoms with E-state index in [1.807, 2.05) is 85.9 Å². The van der Waals surface area contributed by atoms with Gasteiger partial charge in [0.25, 0.3) is 0 Å². The maximum absolute atomic E-state index is 14.4. The quantitative estimate of drug-likeness (QED) is 0.184. The SMILES string of the molecule is Cc1ccc(N2C(=O)C3C4c5ccccc5C(/C=N/Nc5nc6ccccc6[nH]5)(c5ccccc54)C3C2=O)cc1. The minimum Gasteiger partial charge on any atom is -0.323 e. The number of aromatic amines is 1. The van der Waals surface area contributed by atoms with Crippen molar-refractivity contribution in [3.05, 3.63) is 125 Å². The number of hydrogen-bond acceptors (Lipinski definition) is 5. The van der Waals surface area contributed by atoms with Crippen LogP contribution in [0.15, 0.2) is 102 Å². The van der Waals surface area contributed by atoms with E-state index in [0.717, 1.165) is 38.9 Å². The second-order valence-corrected chi connectivity index (χ2v) is 10.8. The Balaban J connectivity index is 1.32. The van der Waals surface area contributed by atoms with E-state index in [9.17, 15) is 9.59 Å². The van der Waals surface area contributed by atoms with Gasteiger partial charge in [-0.25, -0.2) is 15.3 Å². The Bertz CT molecular complexity index is 1790. The second kappa shape index (κ2) is 8.23. The molecule has 2 unspecified atom stereocenters. The molecule has 2 bridgehead atoms. The standard InChI is InChI=1S/C33H25N5O2/c1-19-14-16-20(17-15-19)38-30(39)28-27-21-8-2-4-10-23(21)33(29(28)31(38)40,24-11-5-3-9-22(24)27)18-34-37-32-35-25-12-6-7-13-26(25)36-32/h2-18,27-29H,1H3,(H2,35,36,37)/b34-18+. The molecule has 1 aromatic heterocycles. The summed E-state index contributed by atoms with van der Waals surface area (Å²) in [5, 5.41) is 4.70.